The zero-order valence-electron chi connectivity index (χ0n) is 23.5. The normalized spacial score (nSPS) is 27.7. The first-order valence-electron chi connectivity index (χ1n) is 14.6. The van der Waals surface area contributed by atoms with Gasteiger partial charge in [-0.2, -0.15) is 0 Å². The molecular formula is C33H26ClN3O6S2. The van der Waals surface area contributed by atoms with E-state index < -0.39 is 11.8 Å². The van der Waals surface area contributed by atoms with Gasteiger partial charge in [-0.15, -0.1) is 11.8 Å². The van der Waals surface area contributed by atoms with Crippen LogP contribution in [0.25, 0.3) is 0 Å². The van der Waals surface area contributed by atoms with Crippen LogP contribution in [0.5, 0.6) is 11.5 Å². The molecule has 3 amide bonds. The molecule has 4 aromatic rings. The van der Waals surface area contributed by atoms with E-state index in [2.05, 4.69) is 10.3 Å². The quantitative estimate of drug-likeness (QED) is 0.184. The second-order valence-electron chi connectivity index (χ2n) is 11.9. The summed E-state index contributed by atoms with van der Waals surface area (Å²) in [5.74, 6) is -1.28. The number of H-pyrrole nitrogens is 1. The zero-order valence-corrected chi connectivity index (χ0v) is 25.9. The molecule has 8 rings (SSSR count). The van der Waals surface area contributed by atoms with Crippen molar-refractivity contribution in [2.45, 2.75) is 22.6 Å². The Morgan fingerprint density at radius 1 is 0.978 bits per heavy atom. The van der Waals surface area contributed by atoms with Gasteiger partial charge in [0, 0.05) is 32.3 Å². The highest BCUT2D eigenvalue weighted by atomic mass is 35.5. The second-order valence-corrected chi connectivity index (χ2v) is 14.5. The maximum absolute atomic E-state index is 14.0. The van der Waals surface area contributed by atoms with Crippen molar-refractivity contribution < 1.29 is 24.2 Å². The maximum atomic E-state index is 14.0. The van der Waals surface area contributed by atoms with Crippen molar-refractivity contribution in [1.82, 2.24) is 4.98 Å². The summed E-state index contributed by atoms with van der Waals surface area (Å²) in [5, 5.41) is 13.6. The number of aromatic hydroxyl groups is 1. The van der Waals surface area contributed by atoms with Crippen LogP contribution < -0.4 is 19.8 Å². The molecule has 0 unspecified atom stereocenters. The summed E-state index contributed by atoms with van der Waals surface area (Å²) in [5.41, 5.74) is 1.91. The standard InChI is InChI=1S/C33H26ClN3O6S2/c34-15-5-9-17(10-6-15)37-31(40)26-20-13-21(27(26)32(37)41)28-25(20)24(29-30(44-28)36-33(42)45-29)19-3-1-2-4-22(19)43-14-23(39)35-16-7-11-18(38)12-8-16/h1-12,20-21,24-28,38H,13-14H2,(H,35,39)(H,36,42)/t20-,21-,24+,25-,26+,27+,28-/m1/s1. The van der Waals surface area contributed by atoms with Gasteiger partial charge in [0.25, 0.3) is 5.91 Å². The number of ether oxygens (including phenoxy) is 1. The van der Waals surface area contributed by atoms with Crippen LogP contribution in [0.15, 0.2) is 82.6 Å². The van der Waals surface area contributed by atoms with E-state index in [0.29, 0.717) is 22.1 Å². The number of rotatable bonds is 6. The molecule has 2 saturated carbocycles. The van der Waals surface area contributed by atoms with Crippen molar-refractivity contribution in [2.75, 3.05) is 16.8 Å². The van der Waals surface area contributed by atoms with E-state index in [1.165, 1.54) is 28.4 Å². The van der Waals surface area contributed by atoms with Crippen molar-refractivity contribution in [1.29, 1.82) is 0 Å². The van der Waals surface area contributed by atoms with Gasteiger partial charge in [-0.05, 0) is 78.8 Å². The summed E-state index contributed by atoms with van der Waals surface area (Å²) < 4.78 is 6.12. The minimum atomic E-state index is -0.441. The molecule has 0 radical (unpaired) electrons. The Morgan fingerprint density at radius 2 is 1.69 bits per heavy atom. The van der Waals surface area contributed by atoms with Gasteiger partial charge in [-0.1, -0.05) is 41.1 Å². The number of carbonyl (C=O) groups excluding carboxylic acids is 3. The monoisotopic (exact) mass is 659 g/mol. The van der Waals surface area contributed by atoms with Crippen molar-refractivity contribution in [3.8, 4) is 11.5 Å². The van der Waals surface area contributed by atoms with Crippen LogP contribution in [-0.4, -0.2) is 39.7 Å². The number of para-hydroxylation sites is 1. The number of imide groups is 1. The van der Waals surface area contributed by atoms with Crippen molar-refractivity contribution in [3.63, 3.8) is 0 Å². The number of hydrogen-bond donors (Lipinski definition) is 3. The van der Waals surface area contributed by atoms with E-state index in [-0.39, 0.29) is 63.9 Å². The number of fused-ring (bicyclic) bond motifs is 9. The molecular weight excluding hydrogens is 634 g/mol. The number of halogens is 1. The molecule has 45 heavy (non-hydrogen) atoms. The fourth-order valence-corrected chi connectivity index (χ4v) is 11.0. The van der Waals surface area contributed by atoms with Crippen LogP contribution >= 0.6 is 34.7 Å². The van der Waals surface area contributed by atoms with Gasteiger partial charge in [0.15, 0.2) is 6.61 Å². The number of anilines is 2. The molecule has 12 heteroatoms. The molecule has 9 nitrogen and oxygen atoms in total. The minimum absolute atomic E-state index is 0.0160. The Labute approximate surface area is 270 Å². The Morgan fingerprint density at radius 3 is 2.44 bits per heavy atom. The summed E-state index contributed by atoms with van der Waals surface area (Å²) in [6, 6.07) is 20.5. The smallest absolute Gasteiger partial charge is 0.305 e. The number of thioether (sulfide) groups is 1. The van der Waals surface area contributed by atoms with Crippen LogP contribution in [0.3, 0.4) is 0 Å². The fourth-order valence-electron chi connectivity index (χ4n) is 7.96. The van der Waals surface area contributed by atoms with Gasteiger partial charge >= 0.3 is 4.87 Å². The number of phenolic OH excluding ortho intramolecular Hbond substituents is 1. The van der Waals surface area contributed by atoms with E-state index in [4.69, 9.17) is 16.3 Å². The zero-order chi connectivity index (χ0) is 31.0. The van der Waals surface area contributed by atoms with Crippen molar-refractivity contribution in [2.24, 2.45) is 29.6 Å². The minimum Gasteiger partial charge on any atom is -0.508 e. The molecule has 0 spiro atoms. The first-order chi connectivity index (χ1) is 21.8. The lowest BCUT2D eigenvalue weighted by Crippen LogP contribution is -2.42. The molecule has 2 aliphatic heterocycles. The van der Waals surface area contributed by atoms with E-state index in [1.807, 2.05) is 24.3 Å². The summed E-state index contributed by atoms with van der Waals surface area (Å²) in [6.07, 6.45) is 0.761. The Hall–Kier alpha value is -4.06. The molecule has 2 aliphatic carbocycles. The number of aromatic amines is 1. The molecule has 2 bridgehead atoms. The molecule has 3 fully saturated rings. The Balaban J connectivity index is 1.12. The third-order valence-corrected chi connectivity index (χ3v) is 12.4. The van der Waals surface area contributed by atoms with Crippen LogP contribution in [-0.2, 0) is 14.4 Å². The first kappa shape index (κ1) is 28.4. The molecule has 1 aromatic heterocycles. The lowest BCUT2D eigenvalue weighted by atomic mass is 9.68. The molecule has 1 saturated heterocycles. The lowest BCUT2D eigenvalue weighted by molar-refractivity contribution is -0.123. The number of nitrogens with zero attached hydrogens (tertiary/aromatic N) is 1. The summed E-state index contributed by atoms with van der Waals surface area (Å²) in [7, 11) is 0. The number of phenols is 1. The van der Waals surface area contributed by atoms with E-state index in [1.54, 1.807) is 48.2 Å². The molecule has 3 aromatic carbocycles. The third kappa shape index (κ3) is 4.59. The van der Waals surface area contributed by atoms with Crippen LogP contribution in [0, 0.1) is 29.6 Å². The predicted molar refractivity (Wildman–Crippen MR) is 171 cm³/mol. The fraction of sp³-hybridized carbons (Fsp3) is 0.273. The van der Waals surface area contributed by atoms with Gasteiger partial charge in [-0.3, -0.25) is 24.1 Å². The van der Waals surface area contributed by atoms with E-state index in [0.717, 1.165) is 21.9 Å². The highest BCUT2D eigenvalue weighted by Gasteiger charge is 2.69. The first-order valence-corrected chi connectivity index (χ1v) is 16.7. The SMILES string of the molecule is O=C(COc1ccccc1[C@@H]1c2sc(=O)[nH]c2S[C@@H]2[C@@H]3C[C@@H]([C@@H]4C(=O)N(c5ccc(Cl)cc5)C(=O)[C@@H]34)[C@H]12)Nc1ccc(O)cc1. The summed E-state index contributed by atoms with van der Waals surface area (Å²) in [4.78, 5) is 58.4. The van der Waals surface area contributed by atoms with Gasteiger partial charge in [0.2, 0.25) is 11.8 Å². The second kappa shape index (κ2) is 10.8. The topological polar surface area (TPSA) is 129 Å². The van der Waals surface area contributed by atoms with Gasteiger partial charge < -0.3 is 20.1 Å². The average Bonchev–Trinajstić information content (AvgIpc) is 3.77. The van der Waals surface area contributed by atoms with Crippen molar-refractivity contribution >= 4 is 63.8 Å². The number of hydrogen-bond acceptors (Lipinski definition) is 8. The number of carbonyl (C=O) groups is 3. The molecule has 4 aliphatic rings. The number of thiazole rings is 1. The van der Waals surface area contributed by atoms with Crippen LogP contribution in [0.4, 0.5) is 11.4 Å². The lowest BCUT2D eigenvalue weighted by Gasteiger charge is -2.43. The number of nitrogens with one attached hydrogen (secondary N) is 2. The summed E-state index contributed by atoms with van der Waals surface area (Å²) in [6.45, 7) is -0.247. The van der Waals surface area contributed by atoms with Crippen molar-refractivity contribution in [3.05, 3.63) is 97.9 Å². The summed E-state index contributed by atoms with van der Waals surface area (Å²) >= 11 is 8.87. The maximum Gasteiger partial charge on any atom is 0.305 e. The van der Waals surface area contributed by atoms with Gasteiger partial charge in [0.1, 0.15) is 11.5 Å². The number of amides is 3. The molecule has 3 heterocycles. The molecule has 7 atom stereocenters. The number of benzene rings is 3. The van der Waals surface area contributed by atoms with E-state index >= 15 is 0 Å². The average molecular weight is 660 g/mol. The molecule has 3 N–H and O–H groups in total. The Kier molecular flexibility index (Phi) is 6.81. The number of aromatic nitrogens is 1. The van der Waals surface area contributed by atoms with Crippen LogP contribution in [0.1, 0.15) is 22.8 Å². The van der Waals surface area contributed by atoms with Gasteiger partial charge in [-0.25, -0.2) is 0 Å². The highest BCUT2D eigenvalue weighted by molar-refractivity contribution is 8.00. The van der Waals surface area contributed by atoms with Crippen LogP contribution in [0.2, 0.25) is 5.02 Å². The third-order valence-electron chi connectivity index (χ3n) is 9.57. The predicted octanol–water partition coefficient (Wildman–Crippen LogP) is 5.49. The highest BCUT2D eigenvalue weighted by Crippen LogP contribution is 2.69. The van der Waals surface area contributed by atoms with Gasteiger partial charge in [0.05, 0.1) is 22.5 Å². The largest absolute Gasteiger partial charge is 0.508 e. The molecule has 228 valence electrons. The van der Waals surface area contributed by atoms with E-state index in [9.17, 15) is 24.3 Å². The Bertz CT molecular complexity index is 1910.